The molecule has 0 amide bonds. The number of aromatic nitrogens is 1. The summed E-state index contributed by atoms with van der Waals surface area (Å²) in [6.45, 7) is 6.01. The van der Waals surface area contributed by atoms with E-state index in [1.165, 1.54) is 16.7 Å². The molecule has 0 spiro atoms. The number of ether oxygens (including phenoxy) is 2. The Morgan fingerprint density at radius 1 is 1.20 bits per heavy atom. The lowest BCUT2D eigenvalue weighted by atomic mass is 9.96. The number of hydrogen-bond acceptors (Lipinski definition) is 8. The van der Waals surface area contributed by atoms with Crippen molar-refractivity contribution in [3.63, 3.8) is 0 Å². The van der Waals surface area contributed by atoms with Crippen LogP contribution in [-0.2, 0) is 9.53 Å². The molecule has 9 nitrogen and oxygen atoms in total. The molecule has 1 aromatic heterocycles. The lowest BCUT2D eigenvalue weighted by molar-refractivity contribution is -0.384. The van der Waals surface area contributed by atoms with Crippen LogP contribution in [0.3, 0.4) is 0 Å². The minimum absolute atomic E-state index is 0.0702. The maximum atomic E-state index is 13.6. The molecule has 0 saturated carbocycles. The van der Waals surface area contributed by atoms with Crippen molar-refractivity contribution in [3.8, 4) is 5.75 Å². The SMILES string of the molecule is CCOC(=O)C1=C(C)N=c2sc(=Cc3cccc([N+](=O)[O-])c3)c(=O)n2C1c1ccc(OCC)cc1. The van der Waals surface area contributed by atoms with Gasteiger partial charge in [0.05, 0.1) is 40.0 Å². The van der Waals surface area contributed by atoms with E-state index in [1.54, 1.807) is 44.2 Å². The zero-order chi connectivity index (χ0) is 25.1. The van der Waals surface area contributed by atoms with Gasteiger partial charge in [-0.25, -0.2) is 9.79 Å². The van der Waals surface area contributed by atoms with Gasteiger partial charge in [0.1, 0.15) is 5.75 Å². The van der Waals surface area contributed by atoms with E-state index in [-0.39, 0.29) is 23.4 Å². The standard InChI is InChI=1S/C25H23N3O6S/c1-4-33-19-11-9-17(10-12-19)22-21(24(30)34-5-2)15(3)26-25-27(22)23(29)20(35-25)14-16-7-6-8-18(13-16)28(31)32/h6-14,22H,4-5H2,1-3H3. The number of allylic oxidation sites excluding steroid dienone is 1. The van der Waals surface area contributed by atoms with E-state index >= 15 is 0 Å². The number of nitro benzene ring substituents is 1. The van der Waals surface area contributed by atoms with Gasteiger partial charge < -0.3 is 9.47 Å². The average Bonchev–Trinajstić information content (AvgIpc) is 3.13. The largest absolute Gasteiger partial charge is 0.494 e. The molecule has 3 aromatic rings. The van der Waals surface area contributed by atoms with Gasteiger partial charge in [0.15, 0.2) is 4.80 Å². The number of rotatable bonds is 7. The van der Waals surface area contributed by atoms with Crippen molar-refractivity contribution in [1.29, 1.82) is 0 Å². The Kier molecular flexibility index (Phi) is 6.92. The smallest absolute Gasteiger partial charge is 0.338 e. The fourth-order valence-electron chi connectivity index (χ4n) is 3.90. The third kappa shape index (κ3) is 4.78. The number of benzene rings is 2. The number of nitro groups is 1. The quantitative estimate of drug-likeness (QED) is 0.284. The molecule has 0 N–H and O–H groups in total. The summed E-state index contributed by atoms with van der Waals surface area (Å²) in [5, 5.41) is 11.1. The van der Waals surface area contributed by atoms with Gasteiger partial charge in [-0.2, -0.15) is 0 Å². The van der Waals surface area contributed by atoms with Crippen molar-refractivity contribution in [1.82, 2.24) is 4.57 Å². The molecule has 2 aromatic carbocycles. The molecule has 1 unspecified atom stereocenters. The van der Waals surface area contributed by atoms with Crippen LogP contribution in [0.2, 0.25) is 0 Å². The number of nitrogens with zero attached hydrogens (tertiary/aromatic N) is 3. The minimum Gasteiger partial charge on any atom is -0.494 e. The van der Waals surface area contributed by atoms with Crippen molar-refractivity contribution in [3.05, 3.63) is 101 Å². The highest BCUT2D eigenvalue weighted by atomic mass is 32.1. The van der Waals surface area contributed by atoms with Crippen LogP contribution < -0.4 is 19.6 Å². The molecule has 10 heteroatoms. The van der Waals surface area contributed by atoms with E-state index in [1.807, 2.05) is 19.1 Å². The van der Waals surface area contributed by atoms with Gasteiger partial charge in [0, 0.05) is 12.1 Å². The summed E-state index contributed by atoms with van der Waals surface area (Å²) in [7, 11) is 0. The van der Waals surface area contributed by atoms with E-state index < -0.39 is 16.9 Å². The predicted molar refractivity (Wildman–Crippen MR) is 131 cm³/mol. The van der Waals surface area contributed by atoms with Gasteiger partial charge >= 0.3 is 5.97 Å². The molecule has 0 saturated heterocycles. The summed E-state index contributed by atoms with van der Waals surface area (Å²) < 4.78 is 12.6. The molecular formula is C25H23N3O6S. The highest BCUT2D eigenvalue weighted by Crippen LogP contribution is 2.31. The number of thiazole rings is 1. The lowest BCUT2D eigenvalue weighted by Crippen LogP contribution is -2.39. The second-order valence-corrected chi connectivity index (χ2v) is 8.67. The molecule has 2 heterocycles. The summed E-state index contributed by atoms with van der Waals surface area (Å²) in [5.41, 5.74) is 1.54. The van der Waals surface area contributed by atoms with Crippen LogP contribution in [0.25, 0.3) is 6.08 Å². The number of fused-ring (bicyclic) bond motifs is 1. The Morgan fingerprint density at radius 2 is 1.94 bits per heavy atom. The maximum Gasteiger partial charge on any atom is 0.338 e. The van der Waals surface area contributed by atoms with Crippen LogP contribution in [0.15, 0.2) is 69.6 Å². The van der Waals surface area contributed by atoms with E-state index in [4.69, 9.17) is 9.47 Å². The van der Waals surface area contributed by atoms with Gasteiger partial charge in [0.2, 0.25) is 0 Å². The monoisotopic (exact) mass is 493 g/mol. The minimum atomic E-state index is -0.742. The Labute approximate surface area is 204 Å². The topological polar surface area (TPSA) is 113 Å². The lowest BCUT2D eigenvalue weighted by Gasteiger charge is -2.24. The Bertz CT molecular complexity index is 1500. The van der Waals surface area contributed by atoms with Crippen LogP contribution in [-0.4, -0.2) is 28.7 Å². The highest BCUT2D eigenvalue weighted by Gasteiger charge is 2.33. The molecule has 0 bridgehead atoms. The zero-order valence-corrected chi connectivity index (χ0v) is 20.2. The zero-order valence-electron chi connectivity index (χ0n) is 19.4. The Balaban J connectivity index is 1.91. The second-order valence-electron chi connectivity index (χ2n) is 7.66. The summed E-state index contributed by atoms with van der Waals surface area (Å²) in [4.78, 5) is 42.1. The van der Waals surface area contributed by atoms with Crippen LogP contribution >= 0.6 is 11.3 Å². The van der Waals surface area contributed by atoms with E-state index in [9.17, 15) is 19.7 Å². The number of non-ortho nitro benzene ring substituents is 1. The predicted octanol–water partition coefficient (Wildman–Crippen LogP) is 3.11. The van der Waals surface area contributed by atoms with Crippen molar-refractivity contribution < 1.29 is 19.2 Å². The second kappa shape index (κ2) is 10.1. The number of hydrogen-bond donors (Lipinski definition) is 0. The Hall–Kier alpha value is -4.05. The summed E-state index contributed by atoms with van der Waals surface area (Å²) in [6.07, 6.45) is 1.59. The van der Waals surface area contributed by atoms with Crippen molar-refractivity contribution in [2.75, 3.05) is 13.2 Å². The Morgan fingerprint density at radius 3 is 2.60 bits per heavy atom. The van der Waals surface area contributed by atoms with Gasteiger partial charge in [-0.15, -0.1) is 0 Å². The average molecular weight is 494 g/mol. The van der Waals surface area contributed by atoms with Crippen molar-refractivity contribution in [2.24, 2.45) is 4.99 Å². The fourth-order valence-corrected chi connectivity index (χ4v) is 4.95. The van der Waals surface area contributed by atoms with Crippen LogP contribution in [0.1, 0.15) is 37.9 Å². The molecule has 0 radical (unpaired) electrons. The summed E-state index contributed by atoms with van der Waals surface area (Å²) in [5.74, 6) is 0.133. The molecule has 180 valence electrons. The van der Waals surface area contributed by atoms with E-state index in [0.29, 0.717) is 38.5 Å². The molecule has 1 aliphatic rings. The maximum absolute atomic E-state index is 13.6. The van der Waals surface area contributed by atoms with Gasteiger partial charge in [0.25, 0.3) is 11.2 Å². The third-order valence-corrected chi connectivity index (χ3v) is 6.39. The summed E-state index contributed by atoms with van der Waals surface area (Å²) >= 11 is 1.16. The number of carbonyl (C=O) groups is 1. The number of carbonyl (C=O) groups excluding carboxylic acids is 1. The molecule has 0 fully saturated rings. The first-order valence-corrected chi connectivity index (χ1v) is 11.8. The summed E-state index contributed by atoms with van der Waals surface area (Å²) in [6, 6.07) is 12.5. The molecule has 0 aliphatic carbocycles. The van der Waals surface area contributed by atoms with Gasteiger partial charge in [-0.3, -0.25) is 19.5 Å². The van der Waals surface area contributed by atoms with E-state index in [2.05, 4.69) is 4.99 Å². The van der Waals surface area contributed by atoms with Crippen LogP contribution in [0.5, 0.6) is 5.75 Å². The molecule has 1 aliphatic heterocycles. The molecule has 1 atom stereocenters. The van der Waals surface area contributed by atoms with Crippen molar-refractivity contribution in [2.45, 2.75) is 26.8 Å². The fraction of sp³-hybridized carbons (Fsp3) is 0.240. The van der Waals surface area contributed by atoms with Crippen LogP contribution in [0.4, 0.5) is 5.69 Å². The normalized spacial score (nSPS) is 15.4. The van der Waals surface area contributed by atoms with Crippen LogP contribution in [0, 0.1) is 10.1 Å². The first-order valence-electron chi connectivity index (χ1n) is 11.0. The molecular weight excluding hydrogens is 470 g/mol. The van der Waals surface area contributed by atoms with E-state index in [0.717, 1.165) is 11.3 Å². The van der Waals surface area contributed by atoms with Gasteiger partial charge in [-0.1, -0.05) is 35.6 Å². The first-order chi connectivity index (χ1) is 16.8. The van der Waals surface area contributed by atoms with Crippen molar-refractivity contribution >= 4 is 29.1 Å². The molecule has 4 rings (SSSR count). The first kappa shape index (κ1) is 24.1. The highest BCUT2D eigenvalue weighted by molar-refractivity contribution is 7.07. The van der Waals surface area contributed by atoms with Gasteiger partial charge in [-0.05, 0) is 50.1 Å². The number of esters is 1. The molecule has 35 heavy (non-hydrogen) atoms. The third-order valence-electron chi connectivity index (χ3n) is 5.40.